The molecule has 0 spiro atoms. The number of carbonyl (C=O) groups excluding carboxylic acids is 1. The van der Waals surface area contributed by atoms with E-state index in [4.69, 9.17) is 9.90 Å². The quantitative estimate of drug-likeness (QED) is 0.781. The third-order valence-corrected chi connectivity index (χ3v) is 3.08. The number of aromatic nitrogens is 2. The number of H-pyrrole nitrogens is 1. The van der Waals surface area contributed by atoms with E-state index in [0.717, 1.165) is 5.69 Å². The average molecular weight is 357 g/mol. The molecule has 25 heavy (non-hydrogen) atoms. The number of anilines is 1. The van der Waals surface area contributed by atoms with Crippen LogP contribution in [0, 0.1) is 6.92 Å². The lowest BCUT2D eigenvalue weighted by molar-refractivity contribution is -0.192. The number of rotatable bonds is 4. The normalized spacial score (nSPS) is 11.9. The first-order chi connectivity index (χ1) is 11.6. The van der Waals surface area contributed by atoms with Gasteiger partial charge in [0.25, 0.3) is 0 Å². The molecule has 1 aromatic carbocycles. The van der Waals surface area contributed by atoms with Crippen LogP contribution in [0.2, 0.25) is 0 Å². The minimum Gasteiger partial charge on any atom is -0.475 e. The van der Waals surface area contributed by atoms with Crippen molar-refractivity contribution in [1.29, 1.82) is 0 Å². The molecule has 0 saturated heterocycles. The molecule has 0 aliphatic heterocycles. The van der Waals surface area contributed by atoms with Crippen molar-refractivity contribution in [2.24, 2.45) is 0 Å². The highest BCUT2D eigenvalue weighted by Crippen LogP contribution is 2.19. The molecule has 9 heteroatoms. The number of aryl methyl sites for hydroxylation is 1. The van der Waals surface area contributed by atoms with Gasteiger partial charge in [0.15, 0.2) is 5.82 Å². The molecule has 0 unspecified atom stereocenters. The number of nitrogens with one attached hydrogen (secondary N) is 2. The number of carbonyl (C=O) groups is 2. The number of carboxylic acids is 1. The van der Waals surface area contributed by atoms with Gasteiger partial charge in [-0.25, -0.2) is 4.79 Å². The van der Waals surface area contributed by atoms with Gasteiger partial charge in [0.05, 0.1) is 0 Å². The number of benzene rings is 1. The molecule has 1 heterocycles. The van der Waals surface area contributed by atoms with E-state index in [0.29, 0.717) is 12.2 Å². The fourth-order valence-electron chi connectivity index (χ4n) is 1.85. The van der Waals surface area contributed by atoms with E-state index in [1.165, 1.54) is 5.56 Å². The summed E-state index contributed by atoms with van der Waals surface area (Å²) in [5, 5.41) is 16.7. The van der Waals surface area contributed by atoms with Gasteiger partial charge in [-0.2, -0.15) is 18.3 Å². The molecule has 0 bridgehead atoms. The summed E-state index contributed by atoms with van der Waals surface area (Å²) in [5.41, 5.74) is 2.10. The second-order valence-corrected chi connectivity index (χ2v) is 5.30. The lowest BCUT2D eigenvalue weighted by Crippen LogP contribution is -2.21. The summed E-state index contributed by atoms with van der Waals surface area (Å²) in [6, 6.07) is 11.8. The van der Waals surface area contributed by atoms with Crippen LogP contribution >= 0.6 is 0 Å². The highest BCUT2D eigenvalue weighted by molar-refractivity contribution is 5.90. The Balaban J connectivity index is 0.000000381. The van der Waals surface area contributed by atoms with Crippen molar-refractivity contribution < 1.29 is 27.9 Å². The predicted molar refractivity (Wildman–Crippen MR) is 85.1 cm³/mol. The van der Waals surface area contributed by atoms with E-state index >= 15 is 0 Å². The Bertz CT molecular complexity index is 699. The van der Waals surface area contributed by atoms with Crippen LogP contribution in [-0.4, -0.2) is 33.4 Å². The van der Waals surface area contributed by atoms with Crippen LogP contribution in [0.4, 0.5) is 19.0 Å². The van der Waals surface area contributed by atoms with Crippen LogP contribution in [-0.2, 0) is 9.59 Å². The molecular formula is C16H18F3N3O3. The lowest BCUT2D eigenvalue weighted by Gasteiger charge is -2.10. The molecule has 3 N–H and O–H groups in total. The number of carboxylic acid groups (broad SMARTS) is 1. The van der Waals surface area contributed by atoms with Gasteiger partial charge < -0.3 is 10.4 Å². The summed E-state index contributed by atoms with van der Waals surface area (Å²) < 4.78 is 31.7. The fraction of sp³-hybridized carbons (Fsp3) is 0.312. The zero-order valence-corrected chi connectivity index (χ0v) is 13.6. The van der Waals surface area contributed by atoms with E-state index in [9.17, 15) is 18.0 Å². The molecular weight excluding hydrogens is 339 g/mol. The first-order valence-corrected chi connectivity index (χ1v) is 7.26. The highest BCUT2D eigenvalue weighted by atomic mass is 19.4. The van der Waals surface area contributed by atoms with Crippen LogP contribution in [0.3, 0.4) is 0 Å². The Morgan fingerprint density at radius 2 is 1.84 bits per heavy atom. The summed E-state index contributed by atoms with van der Waals surface area (Å²) in [5.74, 6) is -1.99. The molecule has 0 aliphatic rings. The van der Waals surface area contributed by atoms with Crippen LogP contribution < -0.4 is 5.32 Å². The van der Waals surface area contributed by atoms with Gasteiger partial charge in [-0.15, -0.1) is 0 Å². The summed E-state index contributed by atoms with van der Waals surface area (Å²) >= 11 is 0. The molecule has 1 amide bonds. The number of aliphatic carboxylic acids is 1. The third kappa shape index (κ3) is 7.51. The molecule has 0 aliphatic carbocycles. The zero-order chi connectivity index (χ0) is 19.0. The van der Waals surface area contributed by atoms with Crippen molar-refractivity contribution >= 4 is 17.7 Å². The monoisotopic (exact) mass is 357 g/mol. The van der Waals surface area contributed by atoms with Gasteiger partial charge in [-0.3, -0.25) is 9.89 Å². The Morgan fingerprint density at radius 1 is 1.28 bits per heavy atom. The summed E-state index contributed by atoms with van der Waals surface area (Å²) in [6.07, 6.45) is -4.63. The molecule has 1 atom stereocenters. The molecule has 0 saturated carbocycles. The Kier molecular flexibility index (Phi) is 7.16. The van der Waals surface area contributed by atoms with Crippen molar-refractivity contribution in [1.82, 2.24) is 10.2 Å². The number of hydrogen-bond donors (Lipinski definition) is 3. The number of hydrogen-bond acceptors (Lipinski definition) is 3. The number of halogens is 3. The van der Waals surface area contributed by atoms with Gasteiger partial charge in [0.2, 0.25) is 5.91 Å². The van der Waals surface area contributed by atoms with Crippen LogP contribution in [0.25, 0.3) is 0 Å². The maximum atomic E-state index is 11.8. The maximum absolute atomic E-state index is 11.8. The van der Waals surface area contributed by atoms with E-state index in [1.807, 2.05) is 50.2 Å². The molecule has 1 aromatic heterocycles. The van der Waals surface area contributed by atoms with E-state index < -0.39 is 12.1 Å². The summed E-state index contributed by atoms with van der Waals surface area (Å²) in [4.78, 5) is 20.7. The van der Waals surface area contributed by atoms with Gasteiger partial charge in [0, 0.05) is 18.2 Å². The van der Waals surface area contributed by atoms with Gasteiger partial charge >= 0.3 is 12.1 Å². The van der Waals surface area contributed by atoms with Crippen LogP contribution in [0.15, 0.2) is 36.4 Å². The molecule has 0 fully saturated rings. The zero-order valence-electron chi connectivity index (χ0n) is 13.6. The molecule has 6 nitrogen and oxygen atoms in total. The van der Waals surface area contributed by atoms with Crippen molar-refractivity contribution in [3.05, 3.63) is 47.7 Å². The minimum atomic E-state index is -5.08. The van der Waals surface area contributed by atoms with Crippen LogP contribution in [0.5, 0.6) is 0 Å². The van der Waals surface area contributed by atoms with E-state index in [-0.39, 0.29) is 11.8 Å². The average Bonchev–Trinajstić information content (AvgIpc) is 2.92. The smallest absolute Gasteiger partial charge is 0.475 e. The number of nitrogens with zero attached hydrogens (tertiary/aromatic N) is 1. The topological polar surface area (TPSA) is 95.1 Å². The first kappa shape index (κ1) is 20.2. The highest BCUT2D eigenvalue weighted by Gasteiger charge is 2.38. The molecule has 2 aromatic rings. The van der Waals surface area contributed by atoms with Gasteiger partial charge in [-0.1, -0.05) is 37.3 Å². The van der Waals surface area contributed by atoms with Gasteiger partial charge in [0.1, 0.15) is 0 Å². The molecule has 0 radical (unpaired) electrons. The second-order valence-electron chi connectivity index (χ2n) is 5.30. The van der Waals surface area contributed by atoms with Crippen molar-refractivity contribution in [2.45, 2.75) is 32.4 Å². The minimum absolute atomic E-state index is 0.0159. The Labute approximate surface area is 142 Å². The SMILES string of the molecule is Cc1cc(NC(=O)C[C@H](C)c2ccccc2)n[nH]1.O=C(O)C(F)(F)F. The maximum Gasteiger partial charge on any atom is 0.490 e. The molecule has 2 rings (SSSR count). The number of aromatic amines is 1. The van der Waals surface area contributed by atoms with Crippen molar-refractivity contribution in [2.75, 3.05) is 5.32 Å². The van der Waals surface area contributed by atoms with Crippen molar-refractivity contribution in [3.63, 3.8) is 0 Å². The number of amides is 1. The van der Waals surface area contributed by atoms with Gasteiger partial charge in [-0.05, 0) is 18.4 Å². The standard InChI is InChI=1S/C14H17N3O.C2HF3O2/c1-10(12-6-4-3-5-7-12)8-14(18)15-13-9-11(2)16-17-13;3-2(4,5)1(6)7/h3-7,9-10H,8H2,1-2H3,(H2,15,16,17,18);(H,6,7)/t10-;/m0./s1. The van der Waals surface area contributed by atoms with Crippen LogP contribution in [0.1, 0.15) is 30.5 Å². The lowest BCUT2D eigenvalue weighted by atomic mass is 9.98. The molecule has 136 valence electrons. The predicted octanol–water partition coefficient (Wildman–Crippen LogP) is 3.48. The first-order valence-electron chi connectivity index (χ1n) is 7.26. The summed E-state index contributed by atoms with van der Waals surface area (Å²) in [6.45, 7) is 3.94. The van der Waals surface area contributed by atoms with E-state index in [1.54, 1.807) is 0 Å². The second kappa shape index (κ2) is 8.86. The fourth-order valence-corrected chi connectivity index (χ4v) is 1.85. The Hall–Kier alpha value is -2.84. The third-order valence-electron chi connectivity index (χ3n) is 3.08. The van der Waals surface area contributed by atoms with Crippen molar-refractivity contribution in [3.8, 4) is 0 Å². The Morgan fingerprint density at radius 3 is 2.28 bits per heavy atom. The summed E-state index contributed by atoms with van der Waals surface area (Å²) in [7, 11) is 0. The van der Waals surface area contributed by atoms with E-state index in [2.05, 4.69) is 15.5 Å². The largest absolute Gasteiger partial charge is 0.490 e. The number of alkyl halides is 3.